The molecule has 2 aliphatic heterocycles. The van der Waals surface area contributed by atoms with E-state index in [1.165, 1.54) is 12.1 Å². The first-order valence-electron chi connectivity index (χ1n) is 7.61. The third-order valence-electron chi connectivity index (χ3n) is 4.09. The fraction of sp³-hybridized carbons (Fsp3) is 0.429. The molecule has 0 spiro atoms. The summed E-state index contributed by atoms with van der Waals surface area (Å²) in [7, 11) is -3.17. The number of azo groups is 1. The Balaban J connectivity index is 1.81. The molecule has 0 aromatic heterocycles. The maximum absolute atomic E-state index is 12.5. The lowest BCUT2D eigenvalue weighted by Gasteiger charge is -2.18. The third-order valence-corrected chi connectivity index (χ3v) is 6.08. The molecule has 0 N–H and O–H groups in total. The second-order valence-electron chi connectivity index (χ2n) is 5.99. The molecule has 3 rings (SSSR count). The van der Waals surface area contributed by atoms with Gasteiger partial charge in [0.25, 0.3) is 11.6 Å². The highest BCUT2D eigenvalue weighted by Crippen LogP contribution is 2.31. The molecule has 1 fully saturated rings. The van der Waals surface area contributed by atoms with Gasteiger partial charge in [0.2, 0.25) is 0 Å². The first kappa shape index (κ1) is 18.4. The monoisotopic (exact) mass is 399 g/mol. The molecule has 2 aliphatic rings. The molecule has 1 saturated heterocycles. The van der Waals surface area contributed by atoms with Crippen LogP contribution in [0.25, 0.3) is 0 Å². The molecule has 0 saturated carbocycles. The molecule has 2 heterocycles. The topological polar surface area (TPSA) is 135 Å². The highest BCUT2D eigenvalue weighted by molar-refractivity contribution is 7.91. The summed E-state index contributed by atoms with van der Waals surface area (Å²) < 4.78 is 23.2. The zero-order valence-corrected chi connectivity index (χ0v) is 15.1. The van der Waals surface area contributed by atoms with Crippen molar-refractivity contribution < 1.29 is 18.1 Å². The van der Waals surface area contributed by atoms with Crippen molar-refractivity contribution in [2.75, 3.05) is 11.5 Å². The fourth-order valence-corrected chi connectivity index (χ4v) is 4.65. The lowest BCUT2D eigenvalue weighted by atomic mass is 10.2. The molecular weight excluding hydrogens is 386 g/mol. The number of hydrogen-bond donors (Lipinski definition) is 0. The van der Waals surface area contributed by atoms with Gasteiger partial charge in [-0.2, -0.15) is 10.2 Å². The van der Waals surface area contributed by atoms with Gasteiger partial charge in [-0.1, -0.05) is 11.6 Å². The van der Waals surface area contributed by atoms with E-state index in [-0.39, 0.29) is 27.9 Å². The van der Waals surface area contributed by atoms with Crippen molar-refractivity contribution in [3.8, 4) is 0 Å². The summed E-state index contributed by atoms with van der Waals surface area (Å²) in [5.41, 5.74) is -0.0263. The van der Waals surface area contributed by atoms with E-state index < -0.39 is 32.8 Å². The molecule has 0 radical (unpaired) electrons. The van der Waals surface area contributed by atoms with Gasteiger partial charge in [0, 0.05) is 11.1 Å². The number of carbonyl (C=O) groups is 1. The maximum atomic E-state index is 12.5. The van der Waals surface area contributed by atoms with Crippen LogP contribution in [0, 0.1) is 10.1 Å². The largest absolute Gasteiger partial charge is 0.298 e. The SMILES string of the molecule is CC1=NN(C2CCS(=O)(=O)C2)C(=O)C1N=Nc1ccc(Cl)cc1[N+](=O)[O-]. The van der Waals surface area contributed by atoms with Gasteiger partial charge < -0.3 is 0 Å². The van der Waals surface area contributed by atoms with Crippen LogP contribution in [0.1, 0.15) is 13.3 Å². The fourth-order valence-electron chi connectivity index (χ4n) is 2.79. The molecule has 0 bridgehead atoms. The maximum Gasteiger partial charge on any atom is 0.298 e. The van der Waals surface area contributed by atoms with E-state index in [0.717, 1.165) is 11.1 Å². The first-order chi connectivity index (χ1) is 12.2. The van der Waals surface area contributed by atoms with E-state index in [1.54, 1.807) is 6.92 Å². The van der Waals surface area contributed by atoms with Crippen molar-refractivity contribution in [1.29, 1.82) is 0 Å². The molecule has 1 aromatic rings. The van der Waals surface area contributed by atoms with Crippen LogP contribution >= 0.6 is 11.6 Å². The number of hydrazone groups is 1. The van der Waals surface area contributed by atoms with Crippen LogP contribution in [0.4, 0.5) is 11.4 Å². The van der Waals surface area contributed by atoms with Gasteiger partial charge >= 0.3 is 0 Å². The van der Waals surface area contributed by atoms with Crippen LogP contribution in [0.5, 0.6) is 0 Å². The summed E-state index contributed by atoms with van der Waals surface area (Å²) in [6.07, 6.45) is 0.317. The second-order valence-corrected chi connectivity index (χ2v) is 8.65. The average Bonchev–Trinajstić information content (AvgIpc) is 3.05. The van der Waals surface area contributed by atoms with E-state index in [0.29, 0.717) is 12.1 Å². The van der Waals surface area contributed by atoms with E-state index in [9.17, 15) is 23.3 Å². The summed E-state index contributed by atoms with van der Waals surface area (Å²) >= 11 is 5.74. The zero-order valence-electron chi connectivity index (χ0n) is 13.6. The number of carbonyl (C=O) groups excluding carboxylic acids is 1. The van der Waals surface area contributed by atoms with Crippen molar-refractivity contribution in [2.45, 2.75) is 25.4 Å². The normalized spacial score (nSPS) is 25.1. The molecular formula is C14H14ClN5O5S. The van der Waals surface area contributed by atoms with Crippen molar-refractivity contribution >= 4 is 44.4 Å². The Labute approximate surface area is 153 Å². The van der Waals surface area contributed by atoms with E-state index in [1.807, 2.05) is 0 Å². The lowest BCUT2D eigenvalue weighted by molar-refractivity contribution is -0.384. The molecule has 26 heavy (non-hydrogen) atoms. The average molecular weight is 400 g/mol. The minimum absolute atomic E-state index is 0.0131. The molecule has 2 unspecified atom stereocenters. The Morgan fingerprint density at radius 3 is 2.77 bits per heavy atom. The molecule has 0 aliphatic carbocycles. The molecule has 2 atom stereocenters. The number of nitro groups is 1. The van der Waals surface area contributed by atoms with E-state index >= 15 is 0 Å². The van der Waals surface area contributed by atoms with Crippen molar-refractivity contribution in [1.82, 2.24) is 5.01 Å². The number of benzene rings is 1. The number of nitrogens with zero attached hydrogens (tertiary/aromatic N) is 5. The van der Waals surface area contributed by atoms with Crippen LogP contribution in [-0.2, 0) is 14.6 Å². The number of nitro benzene ring substituents is 1. The third kappa shape index (κ3) is 3.58. The first-order valence-corrected chi connectivity index (χ1v) is 9.81. The Morgan fingerprint density at radius 1 is 1.42 bits per heavy atom. The van der Waals surface area contributed by atoms with Gasteiger partial charge in [-0.15, -0.1) is 5.11 Å². The van der Waals surface area contributed by atoms with Crippen molar-refractivity contribution in [2.24, 2.45) is 15.3 Å². The predicted octanol–water partition coefficient (Wildman–Crippen LogP) is 2.11. The van der Waals surface area contributed by atoms with Crippen molar-refractivity contribution in [3.05, 3.63) is 33.3 Å². The Hall–Kier alpha value is -2.40. The van der Waals surface area contributed by atoms with Gasteiger partial charge in [-0.25, -0.2) is 13.4 Å². The zero-order chi connectivity index (χ0) is 19.1. The van der Waals surface area contributed by atoms with Gasteiger partial charge in [0.15, 0.2) is 21.6 Å². The van der Waals surface area contributed by atoms with Gasteiger partial charge in [0.1, 0.15) is 0 Å². The number of halogens is 1. The minimum atomic E-state index is -3.17. The van der Waals surface area contributed by atoms with E-state index in [2.05, 4.69) is 15.3 Å². The molecule has 1 amide bonds. The van der Waals surface area contributed by atoms with Gasteiger partial charge in [-0.05, 0) is 25.5 Å². The number of hydrogen-bond acceptors (Lipinski definition) is 8. The Morgan fingerprint density at radius 2 is 2.15 bits per heavy atom. The van der Waals surface area contributed by atoms with Crippen LogP contribution < -0.4 is 0 Å². The molecule has 12 heteroatoms. The summed E-state index contributed by atoms with van der Waals surface area (Å²) in [5.74, 6) is -0.619. The highest BCUT2D eigenvalue weighted by Gasteiger charge is 2.42. The number of rotatable bonds is 4. The Kier molecular flexibility index (Phi) is 4.76. The summed E-state index contributed by atoms with van der Waals surface area (Å²) in [6, 6.07) is 2.34. The lowest BCUT2D eigenvalue weighted by Crippen LogP contribution is -2.38. The smallest absolute Gasteiger partial charge is 0.270 e. The predicted molar refractivity (Wildman–Crippen MR) is 93.4 cm³/mol. The number of sulfone groups is 1. The van der Waals surface area contributed by atoms with Crippen molar-refractivity contribution in [3.63, 3.8) is 0 Å². The summed E-state index contributed by atoms with van der Waals surface area (Å²) in [5, 5.41) is 24.2. The standard InChI is InChI=1S/C14H14ClN5O5S/c1-8-13(14(21)19(18-8)10-4-5-26(24,25)7-10)17-16-11-3-2-9(15)6-12(11)20(22)23/h2-3,6,10,13H,4-5,7H2,1H3. The molecule has 1 aromatic carbocycles. The van der Waals surface area contributed by atoms with Gasteiger partial charge in [-0.3, -0.25) is 14.9 Å². The summed E-state index contributed by atoms with van der Waals surface area (Å²) in [4.78, 5) is 22.9. The molecule has 138 valence electrons. The van der Waals surface area contributed by atoms with Crippen LogP contribution in [0.2, 0.25) is 5.02 Å². The minimum Gasteiger partial charge on any atom is -0.270 e. The Bertz CT molecular complexity index is 945. The summed E-state index contributed by atoms with van der Waals surface area (Å²) in [6.45, 7) is 1.57. The number of amides is 1. The quantitative estimate of drug-likeness (QED) is 0.434. The van der Waals surface area contributed by atoms with Crippen LogP contribution in [-0.4, -0.2) is 53.6 Å². The van der Waals surface area contributed by atoms with E-state index in [4.69, 9.17) is 11.6 Å². The van der Waals surface area contributed by atoms with Crippen LogP contribution in [0.15, 0.2) is 33.5 Å². The highest BCUT2D eigenvalue weighted by atomic mass is 35.5. The molecule has 10 nitrogen and oxygen atoms in total. The van der Waals surface area contributed by atoms with Crippen LogP contribution in [0.3, 0.4) is 0 Å². The second kappa shape index (κ2) is 6.72. The van der Waals surface area contributed by atoms with Gasteiger partial charge in [0.05, 0.1) is 28.2 Å².